The number of rotatable bonds is 1. The molecule has 0 spiro atoms. The van der Waals surface area contributed by atoms with Crippen molar-refractivity contribution in [2.45, 2.75) is 19.4 Å². The first-order valence-electron chi connectivity index (χ1n) is 7.79. The maximum atomic E-state index is 13.3. The minimum absolute atomic E-state index is 0.0254. The number of hydrogen-bond donors (Lipinski definition) is 1. The van der Waals surface area contributed by atoms with Gasteiger partial charge in [0.25, 0.3) is 5.91 Å². The molecule has 2 aromatic carbocycles. The van der Waals surface area contributed by atoms with E-state index in [0.717, 1.165) is 29.9 Å². The Balaban J connectivity index is 1.91. The Kier molecular flexibility index (Phi) is 4.04. The molecule has 0 aromatic heterocycles. The largest absolute Gasteiger partial charge is 0.508 e. The van der Waals surface area contributed by atoms with E-state index >= 15 is 0 Å². The number of carbonyl (C=O) groups excluding carboxylic acids is 1. The molecule has 0 bridgehead atoms. The van der Waals surface area contributed by atoms with Crippen LogP contribution in [-0.4, -0.2) is 23.6 Å². The molecular formula is C17H19N2O2P3. The molecule has 0 aliphatic carbocycles. The molecule has 2 aromatic rings. The third kappa shape index (κ3) is 2.44. The molecule has 0 fully saturated rings. The zero-order valence-electron chi connectivity index (χ0n) is 13.3. The zero-order valence-corrected chi connectivity index (χ0v) is 16.5. The van der Waals surface area contributed by atoms with Gasteiger partial charge in [0.15, 0.2) is 0 Å². The van der Waals surface area contributed by atoms with Crippen LogP contribution in [0.2, 0.25) is 0 Å². The van der Waals surface area contributed by atoms with Gasteiger partial charge in [-0.05, 0) is 36.6 Å². The first-order chi connectivity index (χ1) is 11.5. The van der Waals surface area contributed by atoms with Gasteiger partial charge in [-0.2, -0.15) is 0 Å². The second kappa shape index (κ2) is 5.95. The van der Waals surface area contributed by atoms with Crippen molar-refractivity contribution in [1.29, 1.82) is 0 Å². The maximum absolute atomic E-state index is 13.3. The average molecular weight is 376 g/mol. The van der Waals surface area contributed by atoms with Crippen LogP contribution in [0.1, 0.15) is 21.5 Å². The Morgan fingerprint density at radius 1 is 1.21 bits per heavy atom. The van der Waals surface area contributed by atoms with Gasteiger partial charge in [-0.3, -0.25) is 4.79 Å². The van der Waals surface area contributed by atoms with Gasteiger partial charge in [-0.15, -0.1) is 0 Å². The number of nitrogens with zero attached hydrogens (tertiary/aromatic N) is 2. The molecule has 0 saturated heterocycles. The normalized spacial score (nSPS) is 19.2. The molecule has 4 rings (SSSR count). The summed E-state index contributed by atoms with van der Waals surface area (Å²) < 4.78 is 2.23. The SMILES string of the molecule is Cc1cc2c(cc1O)N(P(P)P)C[C@@H]1Cc3ccccc3N1C2=O. The summed E-state index contributed by atoms with van der Waals surface area (Å²) in [5.41, 5.74) is 4.47. The van der Waals surface area contributed by atoms with E-state index in [4.69, 9.17) is 0 Å². The van der Waals surface area contributed by atoms with Crippen molar-refractivity contribution < 1.29 is 9.90 Å². The number of fused-ring (bicyclic) bond motifs is 4. The van der Waals surface area contributed by atoms with Gasteiger partial charge in [0, 0.05) is 25.7 Å². The fraction of sp³-hybridized carbons (Fsp3) is 0.235. The van der Waals surface area contributed by atoms with Crippen molar-refractivity contribution in [3.8, 4) is 5.75 Å². The molecule has 2 unspecified atom stereocenters. The van der Waals surface area contributed by atoms with Crippen molar-refractivity contribution in [1.82, 2.24) is 0 Å². The van der Waals surface area contributed by atoms with Crippen LogP contribution >= 0.6 is 25.3 Å². The van der Waals surface area contributed by atoms with Crippen molar-refractivity contribution in [3.63, 3.8) is 0 Å². The number of hydrogen-bond acceptors (Lipinski definition) is 3. The topological polar surface area (TPSA) is 43.8 Å². The van der Waals surface area contributed by atoms with Crippen LogP contribution in [0.5, 0.6) is 5.75 Å². The van der Waals surface area contributed by atoms with Crippen LogP contribution in [0.4, 0.5) is 11.4 Å². The van der Waals surface area contributed by atoms with Crippen molar-refractivity contribution in [2.24, 2.45) is 0 Å². The Morgan fingerprint density at radius 3 is 2.71 bits per heavy atom. The zero-order chi connectivity index (χ0) is 17.0. The number of para-hydroxylation sites is 1. The minimum Gasteiger partial charge on any atom is -0.508 e. The summed E-state index contributed by atoms with van der Waals surface area (Å²) in [6.07, 6.45) is 0.871. The van der Waals surface area contributed by atoms with E-state index < -0.39 is 7.45 Å². The third-order valence-electron chi connectivity index (χ3n) is 4.78. The Labute approximate surface area is 147 Å². The fourth-order valence-corrected chi connectivity index (χ4v) is 5.70. The predicted molar refractivity (Wildman–Crippen MR) is 107 cm³/mol. The average Bonchev–Trinajstić information content (AvgIpc) is 2.87. The van der Waals surface area contributed by atoms with Gasteiger partial charge in [0.05, 0.1) is 17.3 Å². The lowest BCUT2D eigenvalue weighted by Crippen LogP contribution is -2.40. The number of amides is 1. The summed E-state index contributed by atoms with van der Waals surface area (Å²) >= 11 is 0. The quantitative estimate of drug-likeness (QED) is 0.764. The first kappa shape index (κ1) is 16.3. The van der Waals surface area contributed by atoms with E-state index in [0.29, 0.717) is 5.56 Å². The number of benzene rings is 2. The molecule has 2 heterocycles. The van der Waals surface area contributed by atoms with Crippen molar-refractivity contribution in [2.75, 3.05) is 16.1 Å². The summed E-state index contributed by atoms with van der Waals surface area (Å²) in [5.74, 6) is 0.262. The number of carbonyl (C=O) groups is 1. The second-order valence-electron chi connectivity index (χ2n) is 6.28. The highest BCUT2D eigenvalue weighted by Crippen LogP contribution is 2.59. The highest BCUT2D eigenvalue weighted by Gasteiger charge is 2.40. The van der Waals surface area contributed by atoms with E-state index in [-0.39, 0.29) is 17.7 Å². The van der Waals surface area contributed by atoms with Gasteiger partial charge in [0.1, 0.15) is 5.75 Å². The van der Waals surface area contributed by atoms with Crippen LogP contribution in [-0.2, 0) is 6.42 Å². The lowest BCUT2D eigenvalue weighted by atomic mass is 10.1. The molecule has 24 heavy (non-hydrogen) atoms. The summed E-state index contributed by atoms with van der Waals surface area (Å²) in [4.78, 5) is 15.3. The molecule has 7 heteroatoms. The standard InChI is InChI=1S/C17H19N2O2P3/c1-10-6-13-15(8-16(10)20)18(24(22)23)9-12-7-11-4-2-3-5-14(11)19(12)17(13)21/h2-6,8,12,20H,7,9,22-23H2,1H3/t12-/m0/s1. The molecule has 0 saturated carbocycles. The number of phenols is 1. The van der Waals surface area contributed by atoms with E-state index in [1.165, 1.54) is 5.56 Å². The van der Waals surface area contributed by atoms with E-state index in [1.54, 1.807) is 6.07 Å². The molecule has 3 atom stereocenters. The Morgan fingerprint density at radius 2 is 1.96 bits per heavy atom. The van der Waals surface area contributed by atoms with Gasteiger partial charge >= 0.3 is 0 Å². The molecule has 1 N–H and O–H groups in total. The molecule has 124 valence electrons. The molecule has 2 aliphatic heterocycles. The lowest BCUT2D eigenvalue weighted by Gasteiger charge is -2.30. The predicted octanol–water partition coefficient (Wildman–Crippen LogP) is 4.07. The van der Waals surface area contributed by atoms with E-state index in [9.17, 15) is 9.90 Å². The minimum atomic E-state index is -0.586. The second-order valence-corrected chi connectivity index (χ2v) is 12.5. The van der Waals surface area contributed by atoms with Crippen LogP contribution < -0.4 is 9.57 Å². The lowest BCUT2D eigenvalue weighted by molar-refractivity contribution is 0.0983. The maximum Gasteiger partial charge on any atom is 0.260 e. The summed E-state index contributed by atoms with van der Waals surface area (Å²) in [6, 6.07) is 11.8. The number of anilines is 2. The van der Waals surface area contributed by atoms with Gasteiger partial charge in [-0.25, -0.2) is 0 Å². The molecular weight excluding hydrogens is 357 g/mol. The first-order valence-corrected chi connectivity index (χ1v) is 12.3. The summed E-state index contributed by atoms with van der Waals surface area (Å²) in [7, 11) is 5.08. The van der Waals surface area contributed by atoms with Crippen molar-refractivity contribution in [3.05, 3.63) is 53.1 Å². The van der Waals surface area contributed by atoms with Crippen LogP contribution in [0, 0.1) is 6.92 Å². The fourth-order valence-electron chi connectivity index (χ4n) is 3.60. The highest BCUT2D eigenvalue weighted by molar-refractivity contribution is 8.43. The summed E-state index contributed by atoms with van der Waals surface area (Å²) in [5, 5.41) is 10.2. The van der Waals surface area contributed by atoms with E-state index in [2.05, 4.69) is 28.6 Å². The highest BCUT2D eigenvalue weighted by atomic mass is 32.4. The number of aromatic hydroxyl groups is 1. The van der Waals surface area contributed by atoms with Gasteiger partial charge < -0.3 is 14.7 Å². The van der Waals surface area contributed by atoms with Crippen LogP contribution in [0.25, 0.3) is 0 Å². The molecule has 4 nitrogen and oxygen atoms in total. The van der Waals surface area contributed by atoms with Crippen LogP contribution in [0.15, 0.2) is 36.4 Å². The smallest absolute Gasteiger partial charge is 0.260 e. The van der Waals surface area contributed by atoms with Crippen LogP contribution in [0.3, 0.4) is 0 Å². The third-order valence-corrected chi connectivity index (χ3v) is 7.38. The Bertz CT molecular complexity index is 841. The summed E-state index contributed by atoms with van der Waals surface area (Å²) in [6.45, 7) is 2.59. The Hall–Kier alpha value is -1.20. The molecule has 1 amide bonds. The van der Waals surface area contributed by atoms with Gasteiger partial charge in [-0.1, -0.05) is 36.1 Å². The van der Waals surface area contributed by atoms with E-state index in [1.807, 2.05) is 36.1 Å². The number of aryl methyl sites for hydroxylation is 1. The molecule has 0 radical (unpaired) electrons. The van der Waals surface area contributed by atoms with Gasteiger partial charge in [0.2, 0.25) is 0 Å². The number of phenolic OH excluding ortho intramolecular Hbond substituents is 1. The molecule has 2 aliphatic rings. The van der Waals surface area contributed by atoms with Crippen molar-refractivity contribution >= 4 is 42.6 Å². The monoisotopic (exact) mass is 376 g/mol.